The Labute approximate surface area is 150 Å². The average molecular weight is 346 g/mol. The average Bonchev–Trinajstić information content (AvgIpc) is 2.69. The molecular formula is C20H30N2O3. The first-order chi connectivity index (χ1) is 12.3. The number of carbonyl (C=O) groups excluding carboxylic acids is 1. The molecule has 2 aliphatic rings. The van der Waals surface area contributed by atoms with Crippen molar-refractivity contribution in [1.29, 1.82) is 0 Å². The normalized spacial score (nSPS) is 20.5. The first-order valence-corrected chi connectivity index (χ1v) is 9.56. The molecule has 0 bridgehead atoms. The van der Waals surface area contributed by atoms with Crippen LogP contribution in [0.4, 0.5) is 0 Å². The molecule has 0 atom stereocenters. The van der Waals surface area contributed by atoms with Crippen LogP contribution in [0.5, 0.6) is 5.75 Å². The molecule has 5 nitrogen and oxygen atoms in total. The number of hydrogen-bond donors (Lipinski definition) is 0. The fourth-order valence-electron chi connectivity index (χ4n) is 3.59. The zero-order valence-electron chi connectivity index (χ0n) is 15.3. The molecule has 0 spiro atoms. The van der Waals surface area contributed by atoms with Crippen LogP contribution in [0, 0.1) is 5.92 Å². The molecule has 138 valence electrons. The molecule has 1 aromatic rings. The minimum Gasteiger partial charge on any atom is -0.491 e. The number of Topliss-reactive ketones (excluding diaryl/α,β-unsaturated/α-hetero) is 1. The second-order valence-corrected chi connectivity index (χ2v) is 6.87. The van der Waals surface area contributed by atoms with Crippen molar-refractivity contribution < 1.29 is 14.3 Å². The zero-order chi connectivity index (χ0) is 17.5. The van der Waals surface area contributed by atoms with Crippen LogP contribution in [0.1, 0.15) is 30.1 Å². The lowest BCUT2D eigenvalue weighted by Gasteiger charge is -2.33. The Balaban J connectivity index is 1.52. The maximum Gasteiger partial charge on any atom is 0.169 e. The molecule has 25 heavy (non-hydrogen) atoms. The summed E-state index contributed by atoms with van der Waals surface area (Å²) in [7, 11) is 0. The van der Waals surface area contributed by atoms with Crippen LogP contribution in [0.3, 0.4) is 0 Å². The summed E-state index contributed by atoms with van der Waals surface area (Å²) in [5, 5.41) is 0. The summed E-state index contributed by atoms with van der Waals surface area (Å²) in [5.41, 5.74) is 0.727. The number of piperazine rings is 1. The van der Waals surface area contributed by atoms with Crippen molar-refractivity contribution in [2.45, 2.75) is 19.8 Å². The second kappa shape index (κ2) is 9.32. The van der Waals surface area contributed by atoms with Gasteiger partial charge in [-0.3, -0.25) is 9.69 Å². The standard InChI is InChI=1S/C20H30N2O3/c1-2-21-9-11-22(12-10-21)13-16-25-19-6-4-3-5-18(19)20(23)17-7-14-24-15-8-17/h3-6,17H,2,7-16H2,1H3. The topological polar surface area (TPSA) is 42.0 Å². The minimum absolute atomic E-state index is 0.0700. The molecule has 0 aromatic heterocycles. The highest BCUT2D eigenvalue weighted by Gasteiger charge is 2.25. The molecule has 1 aromatic carbocycles. The molecule has 2 saturated heterocycles. The molecule has 3 rings (SSSR count). The van der Waals surface area contributed by atoms with Crippen molar-refractivity contribution in [2.75, 3.05) is 59.1 Å². The Hall–Kier alpha value is -1.43. The third kappa shape index (κ3) is 5.03. The highest BCUT2D eigenvalue weighted by Crippen LogP contribution is 2.26. The summed E-state index contributed by atoms with van der Waals surface area (Å²) in [4.78, 5) is 17.7. The van der Waals surface area contributed by atoms with E-state index >= 15 is 0 Å². The van der Waals surface area contributed by atoms with Crippen molar-refractivity contribution in [1.82, 2.24) is 9.80 Å². The van der Waals surface area contributed by atoms with Crippen LogP contribution in [0.25, 0.3) is 0 Å². The second-order valence-electron chi connectivity index (χ2n) is 6.87. The van der Waals surface area contributed by atoms with Gasteiger partial charge in [0.1, 0.15) is 12.4 Å². The smallest absolute Gasteiger partial charge is 0.169 e. The molecule has 0 unspecified atom stereocenters. The van der Waals surface area contributed by atoms with E-state index < -0.39 is 0 Å². The summed E-state index contributed by atoms with van der Waals surface area (Å²) in [6.45, 7) is 10.7. The Morgan fingerprint density at radius 3 is 2.52 bits per heavy atom. The molecule has 0 radical (unpaired) electrons. The number of para-hydroxylation sites is 1. The van der Waals surface area contributed by atoms with Crippen LogP contribution in [-0.4, -0.2) is 74.7 Å². The third-order valence-electron chi connectivity index (χ3n) is 5.32. The van der Waals surface area contributed by atoms with Gasteiger partial charge in [0.25, 0.3) is 0 Å². The molecule has 0 saturated carbocycles. The predicted molar refractivity (Wildman–Crippen MR) is 98.4 cm³/mol. The van der Waals surface area contributed by atoms with Gasteiger partial charge in [-0.15, -0.1) is 0 Å². The van der Waals surface area contributed by atoms with Crippen LogP contribution in [0.15, 0.2) is 24.3 Å². The Kier molecular flexibility index (Phi) is 6.84. The summed E-state index contributed by atoms with van der Waals surface area (Å²) in [6, 6.07) is 7.67. The van der Waals surface area contributed by atoms with E-state index in [1.165, 1.54) is 0 Å². The highest BCUT2D eigenvalue weighted by atomic mass is 16.5. The van der Waals surface area contributed by atoms with E-state index in [1.807, 2.05) is 24.3 Å². The Morgan fingerprint density at radius 1 is 1.12 bits per heavy atom. The van der Waals surface area contributed by atoms with Crippen molar-refractivity contribution in [3.05, 3.63) is 29.8 Å². The van der Waals surface area contributed by atoms with E-state index in [4.69, 9.17) is 9.47 Å². The number of likely N-dealkylation sites (N-methyl/N-ethyl adjacent to an activating group) is 1. The first kappa shape index (κ1) is 18.4. The van der Waals surface area contributed by atoms with Crippen molar-refractivity contribution >= 4 is 5.78 Å². The minimum atomic E-state index is 0.0700. The monoisotopic (exact) mass is 346 g/mol. The summed E-state index contributed by atoms with van der Waals surface area (Å²) >= 11 is 0. The third-order valence-corrected chi connectivity index (χ3v) is 5.32. The van der Waals surface area contributed by atoms with Gasteiger partial charge in [0.05, 0.1) is 5.56 Å². The van der Waals surface area contributed by atoms with Crippen molar-refractivity contribution in [2.24, 2.45) is 5.92 Å². The molecule has 2 aliphatic heterocycles. The van der Waals surface area contributed by atoms with E-state index in [-0.39, 0.29) is 11.7 Å². The number of ketones is 1. The summed E-state index contributed by atoms with van der Waals surface area (Å²) in [5.74, 6) is 1.00. The maximum atomic E-state index is 12.8. The van der Waals surface area contributed by atoms with Crippen LogP contribution >= 0.6 is 0 Å². The maximum absolute atomic E-state index is 12.8. The lowest BCUT2D eigenvalue weighted by molar-refractivity contribution is 0.0542. The fourth-order valence-corrected chi connectivity index (χ4v) is 3.59. The van der Waals surface area contributed by atoms with Gasteiger partial charge >= 0.3 is 0 Å². The van der Waals surface area contributed by atoms with Gasteiger partial charge in [0.15, 0.2) is 5.78 Å². The molecule has 2 heterocycles. The Morgan fingerprint density at radius 2 is 1.80 bits per heavy atom. The molecule has 0 aliphatic carbocycles. The van der Waals surface area contributed by atoms with Gasteiger partial charge < -0.3 is 14.4 Å². The Bertz CT molecular complexity index is 550. The van der Waals surface area contributed by atoms with E-state index in [9.17, 15) is 4.79 Å². The van der Waals surface area contributed by atoms with Gasteiger partial charge in [-0.25, -0.2) is 0 Å². The van der Waals surface area contributed by atoms with Gasteiger partial charge in [-0.05, 0) is 31.5 Å². The molecule has 0 amide bonds. The van der Waals surface area contributed by atoms with Gasteiger partial charge in [0, 0.05) is 51.9 Å². The van der Waals surface area contributed by atoms with E-state index in [2.05, 4.69) is 16.7 Å². The molecular weight excluding hydrogens is 316 g/mol. The van der Waals surface area contributed by atoms with Crippen LogP contribution < -0.4 is 4.74 Å². The SMILES string of the molecule is CCN1CCN(CCOc2ccccc2C(=O)C2CCOCC2)CC1. The predicted octanol–water partition coefficient (Wildman–Crippen LogP) is 2.31. The number of carbonyl (C=O) groups is 1. The lowest BCUT2D eigenvalue weighted by atomic mass is 9.90. The van der Waals surface area contributed by atoms with Crippen molar-refractivity contribution in [3.63, 3.8) is 0 Å². The molecule has 2 fully saturated rings. The van der Waals surface area contributed by atoms with Crippen LogP contribution in [0.2, 0.25) is 0 Å². The number of benzene rings is 1. The van der Waals surface area contributed by atoms with Gasteiger partial charge in [0.2, 0.25) is 0 Å². The van der Waals surface area contributed by atoms with Gasteiger partial charge in [-0.2, -0.15) is 0 Å². The number of ether oxygens (including phenoxy) is 2. The fraction of sp³-hybridized carbons (Fsp3) is 0.650. The van der Waals surface area contributed by atoms with E-state index in [1.54, 1.807) is 0 Å². The zero-order valence-corrected chi connectivity index (χ0v) is 15.3. The number of rotatable bonds is 7. The van der Waals surface area contributed by atoms with E-state index in [0.29, 0.717) is 19.8 Å². The number of hydrogen-bond acceptors (Lipinski definition) is 5. The van der Waals surface area contributed by atoms with Gasteiger partial charge in [-0.1, -0.05) is 19.1 Å². The summed E-state index contributed by atoms with van der Waals surface area (Å²) in [6.07, 6.45) is 1.63. The van der Waals surface area contributed by atoms with E-state index in [0.717, 1.165) is 63.4 Å². The van der Waals surface area contributed by atoms with Crippen LogP contribution in [-0.2, 0) is 4.74 Å². The quantitative estimate of drug-likeness (QED) is 0.709. The first-order valence-electron chi connectivity index (χ1n) is 9.56. The van der Waals surface area contributed by atoms with Crippen molar-refractivity contribution in [3.8, 4) is 5.75 Å². The highest BCUT2D eigenvalue weighted by molar-refractivity contribution is 6.00. The molecule has 0 N–H and O–H groups in total. The number of nitrogens with zero attached hydrogens (tertiary/aromatic N) is 2. The molecule has 5 heteroatoms. The summed E-state index contributed by atoms with van der Waals surface area (Å²) < 4.78 is 11.4. The lowest BCUT2D eigenvalue weighted by Crippen LogP contribution is -2.47. The largest absolute Gasteiger partial charge is 0.491 e.